The standard InChI is InChI=1S/C8H8N4O2/c1-5-3-7(12(13)14)8-10-9-6(2)11(8)4-5/h3-4H,1-2H3. The molecule has 0 aromatic carbocycles. The fourth-order valence-corrected chi connectivity index (χ4v) is 1.35. The summed E-state index contributed by atoms with van der Waals surface area (Å²) in [6.07, 6.45) is 1.78. The van der Waals surface area contributed by atoms with Crippen molar-refractivity contribution in [1.82, 2.24) is 14.6 Å². The van der Waals surface area contributed by atoms with Gasteiger partial charge in [0.15, 0.2) is 0 Å². The molecule has 0 fully saturated rings. The maximum atomic E-state index is 10.7. The number of nitro groups is 1. The summed E-state index contributed by atoms with van der Waals surface area (Å²) in [4.78, 5) is 10.3. The van der Waals surface area contributed by atoms with Crippen LogP contribution >= 0.6 is 0 Å². The molecule has 0 atom stereocenters. The second-order valence-corrected chi connectivity index (χ2v) is 3.10. The lowest BCUT2D eigenvalue weighted by atomic mass is 10.3. The van der Waals surface area contributed by atoms with Crippen molar-refractivity contribution in [2.45, 2.75) is 13.8 Å². The Labute approximate surface area is 79.3 Å². The second-order valence-electron chi connectivity index (χ2n) is 3.10. The number of fused-ring (bicyclic) bond motifs is 1. The lowest BCUT2D eigenvalue weighted by Crippen LogP contribution is -1.96. The van der Waals surface area contributed by atoms with Crippen LogP contribution < -0.4 is 0 Å². The number of hydrogen-bond donors (Lipinski definition) is 0. The van der Waals surface area contributed by atoms with Crippen molar-refractivity contribution in [3.8, 4) is 0 Å². The normalized spacial score (nSPS) is 10.7. The van der Waals surface area contributed by atoms with E-state index in [0.717, 1.165) is 5.56 Å². The first-order chi connectivity index (χ1) is 6.59. The van der Waals surface area contributed by atoms with Crippen LogP contribution in [0.2, 0.25) is 0 Å². The molecule has 0 spiro atoms. The lowest BCUT2D eigenvalue weighted by molar-refractivity contribution is -0.383. The first-order valence-electron chi connectivity index (χ1n) is 4.06. The summed E-state index contributed by atoms with van der Waals surface area (Å²) in [5.41, 5.74) is 1.09. The summed E-state index contributed by atoms with van der Waals surface area (Å²) in [5.74, 6) is 0.645. The lowest BCUT2D eigenvalue weighted by Gasteiger charge is -1.98. The first-order valence-corrected chi connectivity index (χ1v) is 4.06. The number of aromatic nitrogens is 3. The van der Waals surface area contributed by atoms with Gasteiger partial charge >= 0.3 is 5.69 Å². The van der Waals surface area contributed by atoms with Gasteiger partial charge in [-0.25, -0.2) is 0 Å². The summed E-state index contributed by atoms with van der Waals surface area (Å²) in [7, 11) is 0. The van der Waals surface area contributed by atoms with Crippen molar-refractivity contribution < 1.29 is 4.92 Å². The third kappa shape index (κ3) is 1.12. The van der Waals surface area contributed by atoms with Gasteiger partial charge in [-0.15, -0.1) is 10.2 Å². The summed E-state index contributed by atoms with van der Waals surface area (Å²) in [5, 5.41) is 18.2. The van der Waals surface area contributed by atoms with Crippen LogP contribution in [0.4, 0.5) is 5.69 Å². The third-order valence-corrected chi connectivity index (χ3v) is 1.99. The Bertz CT molecular complexity index is 517. The molecule has 0 saturated heterocycles. The molecule has 6 nitrogen and oxygen atoms in total. The minimum atomic E-state index is -0.448. The van der Waals surface area contributed by atoms with E-state index in [1.165, 1.54) is 6.07 Å². The summed E-state index contributed by atoms with van der Waals surface area (Å²) in [6.45, 7) is 3.55. The molecule has 2 heterocycles. The van der Waals surface area contributed by atoms with Gasteiger partial charge in [0.2, 0.25) is 5.65 Å². The Kier molecular flexibility index (Phi) is 1.70. The SMILES string of the molecule is Cc1cc([N+](=O)[O-])c2nnc(C)n2c1. The van der Waals surface area contributed by atoms with E-state index in [0.29, 0.717) is 5.82 Å². The molecule has 0 radical (unpaired) electrons. The fourth-order valence-electron chi connectivity index (χ4n) is 1.35. The third-order valence-electron chi connectivity index (χ3n) is 1.99. The van der Waals surface area contributed by atoms with Crippen molar-refractivity contribution in [3.63, 3.8) is 0 Å². The minimum Gasteiger partial charge on any atom is -0.281 e. The van der Waals surface area contributed by atoms with Crippen LogP contribution in [0.25, 0.3) is 5.65 Å². The predicted molar refractivity (Wildman–Crippen MR) is 49.1 cm³/mol. The Morgan fingerprint density at radius 3 is 2.79 bits per heavy atom. The number of pyridine rings is 1. The number of aryl methyl sites for hydroxylation is 2. The Morgan fingerprint density at radius 1 is 1.43 bits per heavy atom. The maximum absolute atomic E-state index is 10.7. The molecule has 2 aromatic heterocycles. The average molecular weight is 192 g/mol. The Hall–Kier alpha value is -1.98. The first kappa shape index (κ1) is 8.61. The van der Waals surface area contributed by atoms with Gasteiger partial charge in [-0.05, 0) is 19.4 Å². The summed E-state index contributed by atoms with van der Waals surface area (Å²) in [6, 6.07) is 1.49. The zero-order valence-corrected chi connectivity index (χ0v) is 7.76. The maximum Gasteiger partial charge on any atom is 0.314 e. The largest absolute Gasteiger partial charge is 0.314 e. The van der Waals surface area contributed by atoms with Crippen LogP contribution in [-0.4, -0.2) is 19.5 Å². The van der Waals surface area contributed by atoms with Crippen molar-refractivity contribution in [2.24, 2.45) is 0 Å². The molecular weight excluding hydrogens is 184 g/mol. The molecule has 6 heteroatoms. The van der Waals surface area contributed by atoms with Gasteiger partial charge in [0.1, 0.15) is 5.82 Å². The fraction of sp³-hybridized carbons (Fsp3) is 0.250. The molecule has 0 aliphatic carbocycles. The summed E-state index contributed by atoms with van der Waals surface area (Å²) < 4.78 is 1.62. The van der Waals surface area contributed by atoms with E-state index in [4.69, 9.17) is 0 Å². The smallest absolute Gasteiger partial charge is 0.281 e. The van der Waals surface area contributed by atoms with Gasteiger partial charge in [0.25, 0.3) is 0 Å². The van der Waals surface area contributed by atoms with E-state index in [9.17, 15) is 10.1 Å². The molecule has 14 heavy (non-hydrogen) atoms. The molecule has 0 saturated carbocycles. The molecule has 0 aliphatic heterocycles. The van der Waals surface area contributed by atoms with Crippen LogP contribution in [0, 0.1) is 24.0 Å². The molecule has 0 unspecified atom stereocenters. The van der Waals surface area contributed by atoms with Gasteiger partial charge in [0, 0.05) is 12.3 Å². The Balaban J connectivity index is 2.88. The van der Waals surface area contributed by atoms with E-state index in [1.54, 1.807) is 24.4 Å². The van der Waals surface area contributed by atoms with Crippen LogP contribution in [-0.2, 0) is 0 Å². The average Bonchev–Trinajstić information content (AvgIpc) is 2.47. The van der Waals surface area contributed by atoms with E-state index in [1.807, 2.05) is 0 Å². The molecule has 0 aliphatic rings. The molecule has 2 rings (SSSR count). The molecule has 0 N–H and O–H groups in total. The Morgan fingerprint density at radius 2 is 2.14 bits per heavy atom. The van der Waals surface area contributed by atoms with E-state index in [-0.39, 0.29) is 11.3 Å². The highest BCUT2D eigenvalue weighted by molar-refractivity contribution is 5.59. The topological polar surface area (TPSA) is 73.3 Å². The summed E-state index contributed by atoms with van der Waals surface area (Å²) >= 11 is 0. The van der Waals surface area contributed by atoms with Gasteiger partial charge in [-0.2, -0.15) is 0 Å². The zero-order valence-electron chi connectivity index (χ0n) is 7.76. The zero-order chi connectivity index (χ0) is 10.3. The molecule has 0 amide bonds. The highest BCUT2D eigenvalue weighted by Crippen LogP contribution is 2.19. The van der Waals surface area contributed by atoms with E-state index < -0.39 is 4.92 Å². The van der Waals surface area contributed by atoms with Crippen LogP contribution in [0.15, 0.2) is 12.3 Å². The number of hydrogen-bond acceptors (Lipinski definition) is 4. The molecule has 72 valence electrons. The van der Waals surface area contributed by atoms with Gasteiger partial charge < -0.3 is 0 Å². The molecule has 2 aromatic rings. The minimum absolute atomic E-state index is 0.00870. The van der Waals surface area contributed by atoms with Crippen molar-refractivity contribution in [3.05, 3.63) is 33.8 Å². The van der Waals surface area contributed by atoms with Gasteiger partial charge in [-0.1, -0.05) is 0 Å². The quantitative estimate of drug-likeness (QED) is 0.503. The van der Waals surface area contributed by atoms with Crippen LogP contribution in [0.5, 0.6) is 0 Å². The monoisotopic (exact) mass is 192 g/mol. The molecule has 0 bridgehead atoms. The van der Waals surface area contributed by atoms with Gasteiger partial charge in [0.05, 0.1) is 4.92 Å². The number of nitrogens with zero attached hydrogens (tertiary/aromatic N) is 4. The van der Waals surface area contributed by atoms with Crippen molar-refractivity contribution in [2.75, 3.05) is 0 Å². The van der Waals surface area contributed by atoms with Crippen molar-refractivity contribution in [1.29, 1.82) is 0 Å². The van der Waals surface area contributed by atoms with Crippen LogP contribution in [0.1, 0.15) is 11.4 Å². The number of rotatable bonds is 1. The van der Waals surface area contributed by atoms with Crippen LogP contribution in [0.3, 0.4) is 0 Å². The predicted octanol–water partition coefficient (Wildman–Crippen LogP) is 1.25. The van der Waals surface area contributed by atoms with Crippen molar-refractivity contribution >= 4 is 11.3 Å². The second kappa shape index (κ2) is 2.76. The van der Waals surface area contributed by atoms with E-state index in [2.05, 4.69) is 10.2 Å². The highest BCUT2D eigenvalue weighted by Gasteiger charge is 2.16. The van der Waals surface area contributed by atoms with Gasteiger partial charge in [-0.3, -0.25) is 14.5 Å². The molecular formula is C8H8N4O2. The van der Waals surface area contributed by atoms with E-state index >= 15 is 0 Å². The highest BCUT2D eigenvalue weighted by atomic mass is 16.6.